The number of aromatic carboxylic acids is 1. The molecule has 3 rings (SSSR count). The smallest absolute Gasteiger partial charge is 0.491 e. The molecule has 13 heteroatoms. The summed E-state index contributed by atoms with van der Waals surface area (Å²) in [6.07, 6.45) is -4.78. The van der Waals surface area contributed by atoms with Crippen LogP contribution in [0.4, 0.5) is 13.2 Å². The standard InChI is InChI=1S/C17H15F3N2O5S3/c18-17(19,20)27-12-3-1-2-11(6-12)25-7-10-8-26-16(28)22(10)4-5-29-15-21-13(9-30-15)14(23)24/h1-3,6,9-10H,4-5,7-8H2,(H,23,24). The fourth-order valence-corrected chi connectivity index (χ4v) is 4.63. The van der Waals surface area contributed by atoms with Crippen LogP contribution in [-0.4, -0.2) is 64.0 Å². The van der Waals surface area contributed by atoms with Crippen molar-refractivity contribution in [3.63, 3.8) is 0 Å². The minimum absolute atomic E-state index is 0.00513. The van der Waals surface area contributed by atoms with Crippen LogP contribution in [0, 0.1) is 0 Å². The van der Waals surface area contributed by atoms with Crippen molar-refractivity contribution in [2.45, 2.75) is 16.7 Å². The highest BCUT2D eigenvalue weighted by Crippen LogP contribution is 2.27. The van der Waals surface area contributed by atoms with Gasteiger partial charge in [0.05, 0.1) is 0 Å². The number of thiazole rings is 1. The first-order chi connectivity index (χ1) is 14.2. The maximum absolute atomic E-state index is 12.3. The average Bonchev–Trinajstić information content (AvgIpc) is 3.27. The van der Waals surface area contributed by atoms with Crippen molar-refractivity contribution in [3.05, 3.63) is 35.3 Å². The lowest BCUT2D eigenvalue weighted by atomic mass is 10.3. The van der Waals surface area contributed by atoms with Gasteiger partial charge in [0.15, 0.2) is 10.0 Å². The molecule has 0 spiro atoms. The number of alkyl halides is 3. The first kappa shape index (κ1) is 22.4. The molecular weight excluding hydrogens is 465 g/mol. The third-order valence-corrected chi connectivity index (χ3v) is 6.17. The summed E-state index contributed by atoms with van der Waals surface area (Å²) in [4.78, 5) is 16.7. The lowest BCUT2D eigenvalue weighted by Crippen LogP contribution is -2.39. The van der Waals surface area contributed by atoms with Crippen molar-refractivity contribution in [1.82, 2.24) is 9.88 Å². The van der Waals surface area contributed by atoms with Crippen molar-refractivity contribution in [3.8, 4) is 11.5 Å². The Kier molecular flexibility index (Phi) is 7.26. The van der Waals surface area contributed by atoms with Crippen LogP contribution in [0.15, 0.2) is 34.0 Å². The first-order valence-electron chi connectivity index (χ1n) is 8.45. The average molecular weight is 481 g/mol. The summed E-state index contributed by atoms with van der Waals surface area (Å²) in [6.45, 7) is 0.958. The summed E-state index contributed by atoms with van der Waals surface area (Å²) in [6, 6.07) is 5.06. The molecule has 1 fully saturated rings. The van der Waals surface area contributed by atoms with Crippen molar-refractivity contribution in [1.29, 1.82) is 0 Å². The number of nitrogens with zero attached hydrogens (tertiary/aromatic N) is 2. The number of thiocarbonyl (C=S) groups is 1. The minimum Gasteiger partial charge on any atom is -0.491 e. The fourth-order valence-electron chi connectivity index (χ4n) is 2.51. The van der Waals surface area contributed by atoms with Gasteiger partial charge in [-0.15, -0.1) is 24.5 Å². The van der Waals surface area contributed by atoms with E-state index in [9.17, 15) is 18.0 Å². The summed E-state index contributed by atoms with van der Waals surface area (Å²) in [5.41, 5.74) is 0.00513. The van der Waals surface area contributed by atoms with E-state index in [4.69, 9.17) is 26.8 Å². The van der Waals surface area contributed by atoms with Gasteiger partial charge in [-0.1, -0.05) is 17.8 Å². The van der Waals surface area contributed by atoms with E-state index in [1.165, 1.54) is 46.7 Å². The molecule has 0 aliphatic carbocycles. The van der Waals surface area contributed by atoms with Crippen molar-refractivity contribution >= 4 is 46.5 Å². The molecule has 2 aromatic rings. The van der Waals surface area contributed by atoms with Gasteiger partial charge in [-0.2, -0.15) is 0 Å². The van der Waals surface area contributed by atoms with Gasteiger partial charge in [-0.05, 0) is 24.4 Å². The molecule has 0 saturated carbocycles. The Labute approximate surface area is 182 Å². The second-order valence-electron chi connectivity index (χ2n) is 5.91. The van der Waals surface area contributed by atoms with E-state index in [2.05, 4.69) is 9.72 Å². The molecule has 1 aliphatic rings. The van der Waals surface area contributed by atoms with Crippen LogP contribution in [0.2, 0.25) is 0 Å². The Hall–Kier alpha value is -2.25. The molecule has 0 bridgehead atoms. The van der Waals surface area contributed by atoms with Gasteiger partial charge in [-0.25, -0.2) is 9.78 Å². The topological polar surface area (TPSA) is 81.1 Å². The molecule has 1 aromatic carbocycles. The van der Waals surface area contributed by atoms with Gasteiger partial charge in [-0.3, -0.25) is 0 Å². The summed E-state index contributed by atoms with van der Waals surface area (Å²) >= 11 is 7.84. The quantitative estimate of drug-likeness (QED) is 0.425. The number of ether oxygens (including phenoxy) is 3. The van der Waals surface area contributed by atoms with E-state index in [0.29, 0.717) is 28.4 Å². The molecule has 1 N–H and O–H groups in total. The molecule has 1 aliphatic heterocycles. The molecule has 0 amide bonds. The maximum atomic E-state index is 12.3. The zero-order valence-electron chi connectivity index (χ0n) is 15.1. The van der Waals surface area contributed by atoms with E-state index < -0.39 is 12.3 Å². The SMILES string of the molecule is O=C(O)c1csc(SCCN2C(=S)OCC2COc2cccc(OC(F)(F)F)c2)n1. The van der Waals surface area contributed by atoms with Gasteiger partial charge in [0.25, 0.3) is 5.17 Å². The van der Waals surface area contributed by atoms with Crippen molar-refractivity contribution in [2.24, 2.45) is 0 Å². The number of aromatic nitrogens is 1. The van der Waals surface area contributed by atoms with Crippen molar-refractivity contribution < 1.29 is 37.3 Å². The lowest BCUT2D eigenvalue weighted by Gasteiger charge is -2.23. The maximum Gasteiger partial charge on any atom is 0.573 e. The number of rotatable bonds is 9. The minimum atomic E-state index is -4.78. The fraction of sp³-hybridized carbons (Fsp3) is 0.353. The van der Waals surface area contributed by atoms with Crippen molar-refractivity contribution in [2.75, 3.05) is 25.5 Å². The molecular formula is C17H15F3N2O5S3. The Balaban J connectivity index is 1.51. The number of carboxylic acids is 1. The lowest BCUT2D eigenvalue weighted by molar-refractivity contribution is -0.274. The summed E-state index contributed by atoms with van der Waals surface area (Å²) < 4.78 is 52.6. The van der Waals surface area contributed by atoms with Crippen LogP contribution in [0.5, 0.6) is 11.5 Å². The van der Waals surface area contributed by atoms with Gasteiger partial charge >= 0.3 is 12.3 Å². The predicted octanol–water partition coefficient (Wildman–Crippen LogP) is 3.90. The molecule has 1 unspecified atom stereocenters. The Morgan fingerprint density at radius 3 is 2.90 bits per heavy atom. The Bertz CT molecular complexity index is 909. The van der Waals surface area contributed by atoms with Crippen LogP contribution in [0.3, 0.4) is 0 Å². The summed E-state index contributed by atoms with van der Waals surface area (Å²) in [7, 11) is 0. The number of carboxylic acid groups (broad SMARTS) is 1. The molecule has 1 aromatic heterocycles. The third-order valence-electron chi connectivity index (χ3n) is 3.82. The number of carbonyl (C=O) groups is 1. The van der Waals surface area contributed by atoms with Crippen LogP contribution in [0.1, 0.15) is 10.5 Å². The summed E-state index contributed by atoms with van der Waals surface area (Å²) in [5, 5.41) is 10.7. The van der Waals surface area contributed by atoms with Gasteiger partial charge in [0, 0.05) is 23.7 Å². The predicted molar refractivity (Wildman–Crippen MR) is 107 cm³/mol. The van der Waals surface area contributed by atoms with Crippen LogP contribution >= 0.6 is 35.3 Å². The van der Waals surface area contributed by atoms with Crippen LogP contribution < -0.4 is 9.47 Å². The third kappa shape index (κ3) is 6.37. The first-order valence-corrected chi connectivity index (χ1v) is 10.7. The highest BCUT2D eigenvalue weighted by molar-refractivity contribution is 8.01. The van der Waals surface area contributed by atoms with Gasteiger partial charge in [0.2, 0.25) is 0 Å². The van der Waals surface area contributed by atoms with Gasteiger partial charge < -0.3 is 24.2 Å². The van der Waals surface area contributed by atoms with E-state index in [1.807, 2.05) is 4.90 Å². The molecule has 0 radical (unpaired) electrons. The zero-order chi connectivity index (χ0) is 21.7. The highest BCUT2D eigenvalue weighted by atomic mass is 32.2. The zero-order valence-corrected chi connectivity index (χ0v) is 17.6. The normalized spacial score (nSPS) is 16.4. The highest BCUT2D eigenvalue weighted by Gasteiger charge is 2.32. The molecule has 2 heterocycles. The van der Waals surface area contributed by atoms with Crippen LogP contribution in [-0.2, 0) is 4.74 Å². The van der Waals surface area contributed by atoms with Gasteiger partial charge in [0.1, 0.15) is 30.8 Å². The molecule has 162 valence electrons. The number of thioether (sulfide) groups is 1. The Morgan fingerprint density at radius 1 is 1.43 bits per heavy atom. The second kappa shape index (κ2) is 9.71. The molecule has 1 saturated heterocycles. The number of hydrogen-bond donors (Lipinski definition) is 1. The monoisotopic (exact) mass is 480 g/mol. The number of halogens is 3. The molecule has 7 nitrogen and oxygen atoms in total. The molecule has 30 heavy (non-hydrogen) atoms. The molecule has 1 atom stereocenters. The largest absolute Gasteiger partial charge is 0.573 e. The van der Waals surface area contributed by atoms with E-state index >= 15 is 0 Å². The van der Waals surface area contributed by atoms with E-state index in [0.717, 1.165) is 6.07 Å². The second-order valence-corrected chi connectivity index (χ2v) is 8.46. The van der Waals surface area contributed by atoms with Crippen LogP contribution in [0.25, 0.3) is 0 Å². The van der Waals surface area contributed by atoms with E-state index in [-0.39, 0.29) is 29.8 Å². The van der Waals surface area contributed by atoms with E-state index in [1.54, 1.807) is 0 Å². The number of benzene rings is 1. The Morgan fingerprint density at radius 2 is 2.20 bits per heavy atom. The number of hydrogen-bond acceptors (Lipinski definition) is 8. The summed E-state index contributed by atoms with van der Waals surface area (Å²) in [5.74, 6) is -0.626.